The number of imidazole rings is 1. The van der Waals surface area contributed by atoms with Crippen LogP contribution >= 0.6 is 11.6 Å². The molecular formula is C15H21ClN4O. The van der Waals surface area contributed by atoms with Crippen molar-refractivity contribution >= 4 is 28.7 Å². The van der Waals surface area contributed by atoms with Gasteiger partial charge in [-0.15, -0.1) is 11.6 Å². The van der Waals surface area contributed by atoms with Crippen LogP contribution in [0, 0.1) is 6.92 Å². The van der Waals surface area contributed by atoms with Crippen LogP contribution in [0.4, 0.5) is 0 Å². The summed E-state index contributed by atoms with van der Waals surface area (Å²) in [6, 6.07) is 1.57. The summed E-state index contributed by atoms with van der Waals surface area (Å²) >= 11 is 5.87. The standard InChI is InChI=1S/C15H21ClN4O/c1-4-8-18-15(21)11(3)20-12(5-7-16)19-13-10(2)6-9-17-14(13)20/h6,9,11H,4-5,7-8H2,1-3H3,(H,18,21). The molecule has 1 amide bonds. The van der Waals surface area contributed by atoms with Gasteiger partial charge in [-0.1, -0.05) is 6.92 Å². The lowest BCUT2D eigenvalue weighted by atomic mass is 10.2. The molecular weight excluding hydrogens is 288 g/mol. The van der Waals surface area contributed by atoms with E-state index in [1.54, 1.807) is 6.20 Å². The van der Waals surface area contributed by atoms with Crippen molar-refractivity contribution in [2.75, 3.05) is 12.4 Å². The first-order chi connectivity index (χ1) is 10.1. The van der Waals surface area contributed by atoms with E-state index in [1.165, 1.54) is 0 Å². The fourth-order valence-electron chi connectivity index (χ4n) is 2.34. The topological polar surface area (TPSA) is 59.8 Å². The van der Waals surface area contributed by atoms with E-state index >= 15 is 0 Å². The summed E-state index contributed by atoms with van der Waals surface area (Å²) in [4.78, 5) is 21.3. The Morgan fingerprint density at radius 1 is 1.52 bits per heavy atom. The molecule has 1 N–H and O–H groups in total. The number of halogens is 1. The number of carbonyl (C=O) groups is 1. The van der Waals surface area contributed by atoms with Gasteiger partial charge in [-0.2, -0.15) is 0 Å². The number of alkyl halides is 1. The number of carbonyl (C=O) groups excluding carboxylic acids is 1. The predicted molar refractivity (Wildman–Crippen MR) is 84.7 cm³/mol. The van der Waals surface area contributed by atoms with Gasteiger partial charge in [0, 0.05) is 25.0 Å². The van der Waals surface area contributed by atoms with Gasteiger partial charge in [-0.3, -0.25) is 4.79 Å². The Bertz CT molecular complexity index is 638. The van der Waals surface area contributed by atoms with E-state index < -0.39 is 0 Å². The van der Waals surface area contributed by atoms with Gasteiger partial charge in [0.25, 0.3) is 0 Å². The molecule has 0 saturated heterocycles. The maximum atomic E-state index is 12.3. The Labute approximate surface area is 129 Å². The molecule has 1 atom stereocenters. The van der Waals surface area contributed by atoms with E-state index in [0.29, 0.717) is 18.8 Å². The number of aromatic nitrogens is 3. The zero-order valence-electron chi connectivity index (χ0n) is 12.7. The average molecular weight is 309 g/mol. The molecule has 0 aromatic carbocycles. The van der Waals surface area contributed by atoms with Gasteiger partial charge < -0.3 is 9.88 Å². The van der Waals surface area contributed by atoms with Crippen molar-refractivity contribution < 1.29 is 4.79 Å². The van der Waals surface area contributed by atoms with Crippen molar-refractivity contribution in [3.63, 3.8) is 0 Å². The van der Waals surface area contributed by atoms with Gasteiger partial charge in [0.15, 0.2) is 5.65 Å². The van der Waals surface area contributed by atoms with Crippen LogP contribution in [-0.2, 0) is 11.2 Å². The molecule has 6 heteroatoms. The molecule has 1 unspecified atom stereocenters. The van der Waals surface area contributed by atoms with Crippen molar-refractivity contribution in [3.8, 4) is 0 Å². The minimum atomic E-state index is -0.353. The monoisotopic (exact) mass is 308 g/mol. The molecule has 0 radical (unpaired) electrons. The molecule has 2 aromatic rings. The Hall–Kier alpha value is -1.62. The number of nitrogens with one attached hydrogen (secondary N) is 1. The van der Waals surface area contributed by atoms with Crippen LogP contribution in [0.5, 0.6) is 0 Å². The summed E-state index contributed by atoms with van der Waals surface area (Å²) in [6.07, 6.45) is 3.27. The molecule has 0 bridgehead atoms. The average Bonchev–Trinajstić information content (AvgIpc) is 2.84. The maximum absolute atomic E-state index is 12.3. The highest BCUT2D eigenvalue weighted by Gasteiger charge is 2.22. The lowest BCUT2D eigenvalue weighted by molar-refractivity contribution is -0.123. The third kappa shape index (κ3) is 3.18. The van der Waals surface area contributed by atoms with Gasteiger partial charge in [-0.25, -0.2) is 9.97 Å². The second-order valence-corrected chi connectivity index (χ2v) is 5.48. The van der Waals surface area contributed by atoms with E-state index in [4.69, 9.17) is 11.6 Å². The molecule has 0 aliphatic carbocycles. The second kappa shape index (κ2) is 6.89. The minimum Gasteiger partial charge on any atom is -0.354 e. The third-order valence-electron chi connectivity index (χ3n) is 3.49. The van der Waals surface area contributed by atoms with Crippen molar-refractivity contribution in [1.29, 1.82) is 0 Å². The minimum absolute atomic E-state index is 0.0183. The van der Waals surface area contributed by atoms with Crippen LogP contribution in [0.1, 0.15) is 37.7 Å². The summed E-state index contributed by atoms with van der Waals surface area (Å²) in [5, 5.41) is 2.92. The van der Waals surface area contributed by atoms with E-state index in [0.717, 1.165) is 29.0 Å². The summed E-state index contributed by atoms with van der Waals surface area (Å²) in [6.45, 7) is 6.57. The van der Waals surface area contributed by atoms with Crippen LogP contribution in [-0.4, -0.2) is 32.9 Å². The van der Waals surface area contributed by atoms with Crippen LogP contribution in [0.25, 0.3) is 11.2 Å². The first-order valence-corrected chi connectivity index (χ1v) is 7.79. The molecule has 21 heavy (non-hydrogen) atoms. The molecule has 2 heterocycles. The molecule has 0 aliphatic rings. The van der Waals surface area contributed by atoms with Gasteiger partial charge in [0.2, 0.25) is 5.91 Å². The number of fused-ring (bicyclic) bond motifs is 1. The van der Waals surface area contributed by atoms with E-state index in [2.05, 4.69) is 15.3 Å². The van der Waals surface area contributed by atoms with Crippen LogP contribution < -0.4 is 5.32 Å². The molecule has 0 aliphatic heterocycles. The number of amides is 1. The zero-order valence-corrected chi connectivity index (χ0v) is 13.4. The smallest absolute Gasteiger partial charge is 0.242 e. The highest BCUT2D eigenvalue weighted by Crippen LogP contribution is 2.22. The van der Waals surface area contributed by atoms with Gasteiger partial charge >= 0.3 is 0 Å². The number of nitrogens with zero attached hydrogens (tertiary/aromatic N) is 3. The number of aryl methyl sites for hydroxylation is 2. The van der Waals surface area contributed by atoms with E-state index in [1.807, 2.05) is 31.4 Å². The number of pyridine rings is 1. The summed E-state index contributed by atoms with van der Waals surface area (Å²) in [7, 11) is 0. The molecule has 114 valence electrons. The van der Waals surface area contributed by atoms with E-state index in [9.17, 15) is 4.79 Å². The second-order valence-electron chi connectivity index (χ2n) is 5.10. The highest BCUT2D eigenvalue weighted by atomic mass is 35.5. The fourth-order valence-corrected chi connectivity index (χ4v) is 2.51. The fraction of sp³-hybridized carbons (Fsp3) is 0.533. The molecule has 2 aromatic heterocycles. The Morgan fingerprint density at radius 2 is 2.29 bits per heavy atom. The first-order valence-electron chi connectivity index (χ1n) is 7.26. The quantitative estimate of drug-likeness (QED) is 0.835. The molecule has 0 saturated carbocycles. The SMILES string of the molecule is CCCNC(=O)C(C)n1c(CCCl)nc2c(C)ccnc21. The first kappa shape index (κ1) is 15.8. The van der Waals surface area contributed by atoms with Crippen molar-refractivity contribution in [1.82, 2.24) is 19.9 Å². The normalized spacial score (nSPS) is 12.6. The van der Waals surface area contributed by atoms with E-state index in [-0.39, 0.29) is 11.9 Å². The largest absolute Gasteiger partial charge is 0.354 e. The van der Waals surface area contributed by atoms with Crippen LogP contribution in [0.15, 0.2) is 12.3 Å². The molecule has 0 spiro atoms. The molecule has 5 nitrogen and oxygen atoms in total. The zero-order chi connectivity index (χ0) is 15.4. The summed E-state index contributed by atoms with van der Waals surface area (Å²) in [5.74, 6) is 1.25. The van der Waals surface area contributed by atoms with Gasteiger partial charge in [-0.05, 0) is 31.9 Å². The Morgan fingerprint density at radius 3 is 2.95 bits per heavy atom. The van der Waals surface area contributed by atoms with Crippen molar-refractivity contribution in [2.24, 2.45) is 0 Å². The summed E-state index contributed by atoms with van der Waals surface area (Å²) in [5.41, 5.74) is 2.64. The van der Waals surface area contributed by atoms with Crippen LogP contribution in [0.3, 0.4) is 0 Å². The molecule has 0 fully saturated rings. The lowest BCUT2D eigenvalue weighted by Crippen LogP contribution is -2.32. The number of rotatable bonds is 6. The maximum Gasteiger partial charge on any atom is 0.242 e. The highest BCUT2D eigenvalue weighted by molar-refractivity contribution is 6.17. The predicted octanol–water partition coefficient (Wildman–Crippen LogP) is 2.61. The number of hydrogen-bond donors (Lipinski definition) is 1. The van der Waals surface area contributed by atoms with Gasteiger partial charge in [0.05, 0.1) is 0 Å². The lowest BCUT2D eigenvalue weighted by Gasteiger charge is -2.16. The number of hydrogen-bond acceptors (Lipinski definition) is 3. The van der Waals surface area contributed by atoms with Crippen LogP contribution in [0.2, 0.25) is 0 Å². The summed E-state index contributed by atoms with van der Waals surface area (Å²) < 4.78 is 1.90. The molecule has 2 rings (SSSR count). The van der Waals surface area contributed by atoms with Crippen molar-refractivity contribution in [2.45, 2.75) is 39.7 Å². The third-order valence-corrected chi connectivity index (χ3v) is 3.68. The van der Waals surface area contributed by atoms with Gasteiger partial charge in [0.1, 0.15) is 17.4 Å². The Balaban J connectivity index is 2.47. The Kier molecular flexibility index (Phi) is 5.17. The van der Waals surface area contributed by atoms with Crippen molar-refractivity contribution in [3.05, 3.63) is 23.7 Å².